The van der Waals surface area contributed by atoms with E-state index < -0.39 is 5.25 Å². The highest BCUT2D eigenvalue weighted by Gasteiger charge is 2.22. The number of rotatable bonds is 8. The molecule has 0 aliphatic heterocycles. The Labute approximate surface area is 209 Å². The van der Waals surface area contributed by atoms with Crippen molar-refractivity contribution in [1.29, 1.82) is 0 Å². The second-order valence-corrected chi connectivity index (χ2v) is 10.0. The van der Waals surface area contributed by atoms with Crippen molar-refractivity contribution in [2.45, 2.75) is 57.4 Å². The number of amides is 1. The summed E-state index contributed by atoms with van der Waals surface area (Å²) in [6, 6.07) is 15.4. The van der Waals surface area contributed by atoms with Crippen LogP contribution in [-0.4, -0.2) is 30.5 Å². The minimum absolute atomic E-state index is 0.147. The standard InChI is InChI=1S/C27H31N5O2S/c1-6-7-10-20-13-15-21(16-14-20)32-26(34)22-11-8-9-12-23(22)28-27(32)35-19(4)25(33)29-24-17(2)30-31(5)18(24)3/h8-9,11-16,19H,6-7,10H2,1-5H3,(H,29,33). The molecule has 35 heavy (non-hydrogen) atoms. The molecule has 4 rings (SSSR count). The molecule has 1 amide bonds. The first-order valence-electron chi connectivity index (χ1n) is 11.9. The summed E-state index contributed by atoms with van der Waals surface area (Å²) in [5.41, 5.74) is 4.81. The summed E-state index contributed by atoms with van der Waals surface area (Å²) >= 11 is 1.27. The van der Waals surface area contributed by atoms with Gasteiger partial charge < -0.3 is 5.32 Å². The van der Waals surface area contributed by atoms with E-state index in [0.717, 1.165) is 42.0 Å². The number of hydrogen-bond acceptors (Lipinski definition) is 5. The molecule has 7 nitrogen and oxygen atoms in total. The Balaban J connectivity index is 1.69. The molecule has 0 aliphatic rings. The van der Waals surface area contributed by atoms with Gasteiger partial charge >= 0.3 is 0 Å². The van der Waals surface area contributed by atoms with Crippen molar-refractivity contribution in [2.24, 2.45) is 7.05 Å². The molecule has 0 spiro atoms. The highest BCUT2D eigenvalue weighted by Crippen LogP contribution is 2.27. The lowest BCUT2D eigenvalue weighted by Crippen LogP contribution is -2.26. The van der Waals surface area contributed by atoms with Crippen molar-refractivity contribution in [1.82, 2.24) is 19.3 Å². The molecule has 1 atom stereocenters. The fourth-order valence-corrected chi connectivity index (χ4v) is 4.93. The van der Waals surface area contributed by atoms with Gasteiger partial charge in [-0.25, -0.2) is 4.98 Å². The van der Waals surface area contributed by atoms with Crippen LogP contribution in [0.2, 0.25) is 0 Å². The number of para-hydroxylation sites is 1. The van der Waals surface area contributed by atoms with Crippen LogP contribution in [0.15, 0.2) is 58.5 Å². The Kier molecular flexibility index (Phi) is 7.40. The quantitative estimate of drug-likeness (QED) is 0.272. The number of aryl methyl sites for hydroxylation is 3. The molecule has 2 aromatic carbocycles. The number of unbranched alkanes of at least 4 members (excludes halogenated alkanes) is 1. The van der Waals surface area contributed by atoms with Crippen molar-refractivity contribution < 1.29 is 4.79 Å². The van der Waals surface area contributed by atoms with E-state index in [1.54, 1.807) is 15.3 Å². The lowest BCUT2D eigenvalue weighted by molar-refractivity contribution is -0.115. The third-order valence-electron chi connectivity index (χ3n) is 6.17. The molecule has 1 N–H and O–H groups in total. The summed E-state index contributed by atoms with van der Waals surface area (Å²) in [6.45, 7) is 7.78. The first-order chi connectivity index (χ1) is 16.8. The summed E-state index contributed by atoms with van der Waals surface area (Å²) in [5.74, 6) is -0.168. The van der Waals surface area contributed by atoms with Crippen LogP contribution in [0.5, 0.6) is 0 Å². The minimum Gasteiger partial charge on any atom is -0.322 e. The van der Waals surface area contributed by atoms with Crippen LogP contribution in [-0.2, 0) is 18.3 Å². The molecule has 182 valence electrons. The molecule has 2 heterocycles. The van der Waals surface area contributed by atoms with E-state index in [4.69, 9.17) is 4.98 Å². The molecule has 0 bridgehead atoms. The third-order valence-corrected chi connectivity index (χ3v) is 7.22. The number of benzene rings is 2. The summed E-state index contributed by atoms with van der Waals surface area (Å²) in [5, 5.41) is 7.91. The van der Waals surface area contributed by atoms with E-state index >= 15 is 0 Å². The first kappa shape index (κ1) is 24.7. The summed E-state index contributed by atoms with van der Waals surface area (Å²) in [6.07, 6.45) is 3.27. The highest BCUT2D eigenvalue weighted by atomic mass is 32.2. The monoisotopic (exact) mass is 489 g/mol. The second kappa shape index (κ2) is 10.5. The zero-order valence-electron chi connectivity index (χ0n) is 20.8. The van der Waals surface area contributed by atoms with Crippen LogP contribution in [0.4, 0.5) is 5.69 Å². The maximum absolute atomic E-state index is 13.5. The normalized spacial score (nSPS) is 12.1. The molecule has 0 fully saturated rings. The van der Waals surface area contributed by atoms with Gasteiger partial charge in [0.15, 0.2) is 5.16 Å². The number of fused-ring (bicyclic) bond motifs is 1. The van der Waals surface area contributed by atoms with Gasteiger partial charge in [0.05, 0.1) is 38.9 Å². The van der Waals surface area contributed by atoms with E-state index in [2.05, 4.69) is 29.5 Å². The maximum atomic E-state index is 13.5. The molecule has 4 aromatic rings. The van der Waals surface area contributed by atoms with Crippen molar-refractivity contribution in [3.63, 3.8) is 0 Å². The van der Waals surface area contributed by atoms with Gasteiger partial charge in [0.2, 0.25) is 5.91 Å². The molecular formula is C27H31N5O2S. The van der Waals surface area contributed by atoms with Gasteiger partial charge in [-0.05, 0) is 63.4 Å². The fourth-order valence-electron chi connectivity index (χ4n) is 4.00. The van der Waals surface area contributed by atoms with Crippen molar-refractivity contribution >= 4 is 34.3 Å². The molecule has 2 aromatic heterocycles. The average molecular weight is 490 g/mol. The van der Waals surface area contributed by atoms with Gasteiger partial charge in [0, 0.05) is 7.05 Å². The second-order valence-electron chi connectivity index (χ2n) is 8.74. The van der Waals surface area contributed by atoms with E-state index in [-0.39, 0.29) is 11.5 Å². The molecule has 0 radical (unpaired) electrons. The molecule has 8 heteroatoms. The molecular weight excluding hydrogens is 458 g/mol. The Morgan fingerprint density at radius 3 is 2.49 bits per heavy atom. The molecule has 0 saturated heterocycles. The number of carbonyl (C=O) groups is 1. The number of thioether (sulfide) groups is 1. The topological polar surface area (TPSA) is 81.8 Å². The zero-order chi connectivity index (χ0) is 25.1. The van der Waals surface area contributed by atoms with E-state index in [9.17, 15) is 9.59 Å². The van der Waals surface area contributed by atoms with Gasteiger partial charge in [-0.2, -0.15) is 5.10 Å². The van der Waals surface area contributed by atoms with E-state index in [0.29, 0.717) is 16.1 Å². The number of anilines is 1. The van der Waals surface area contributed by atoms with Crippen molar-refractivity contribution in [2.75, 3.05) is 5.32 Å². The summed E-state index contributed by atoms with van der Waals surface area (Å²) < 4.78 is 3.36. The van der Waals surface area contributed by atoms with Crippen LogP contribution in [0.25, 0.3) is 16.6 Å². The van der Waals surface area contributed by atoms with Crippen LogP contribution >= 0.6 is 11.8 Å². The summed E-state index contributed by atoms with van der Waals surface area (Å²) in [7, 11) is 1.85. The predicted molar refractivity (Wildman–Crippen MR) is 143 cm³/mol. The number of nitrogens with one attached hydrogen (secondary N) is 1. The van der Waals surface area contributed by atoms with Gasteiger partial charge in [-0.1, -0.05) is 49.4 Å². The third kappa shape index (κ3) is 5.17. The van der Waals surface area contributed by atoms with Crippen LogP contribution in [0, 0.1) is 13.8 Å². The number of aromatic nitrogens is 4. The van der Waals surface area contributed by atoms with Crippen LogP contribution in [0.3, 0.4) is 0 Å². The zero-order valence-corrected chi connectivity index (χ0v) is 21.6. The van der Waals surface area contributed by atoms with Gasteiger partial charge in [0.1, 0.15) is 0 Å². The smallest absolute Gasteiger partial charge is 0.266 e. The fraction of sp³-hybridized carbons (Fsp3) is 0.333. The molecule has 0 saturated carbocycles. The molecule has 0 aliphatic carbocycles. The van der Waals surface area contributed by atoms with Crippen molar-refractivity contribution in [3.8, 4) is 5.69 Å². The van der Waals surface area contributed by atoms with Gasteiger partial charge in [-0.15, -0.1) is 0 Å². The highest BCUT2D eigenvalue weighted by molar-refractivity contribution is 8.00. The SMILES string of the molecule is CCCCc1ccc(-n2c(SC(C)C(=O)Nc3c(C)nn(C)c3C)nc3ccccc3c2=O)cc1. The maximum Gasteiger partial charge on any atom is 0.266 e. The van der Waals surface area contributed by atoms with Gasteiger partial charge in [-0.3, -0.25) is 18.8 Å². The lowest BCUT2D eigenvalue weighted by atomic mass is 10.1. The van der Waals surface area contributed by atoms with Crippen LogP contribution in [0.1, 0.15) is 43.6 Å². The Morgan fingerprint density at radius 1 is 1.11 bits per heavy atom. The lowest BCUT2D eigenvalue weighted by Gasteiger charge is -2.17. The van der Waals surface area contributed by atoms with E-state index in [1.807, 2.05) is 58.2 Å². The Morgan fingerprint density at radius 2 is 1.83 bits per heavy atom. The predicted octanol–water partition coefficient (Wildman–Crippen LogP) is 5.20. The van der Waals surface area contributed by atoms with Gasteiger partial charge in [0.25, 0.3) is 5.56 Å². The minimum atomic E-state index is -0.489. The number of hydrogen-bond donors (Lipinski definition) is 1. The number of nitrogens with zero attached hydrogens (tertiary/aromatic N) is 4. The Bertz CT molecular complexity index is 1420. The average Bonchev–Trinajstić information content (AvgIpc) is 3.09. The van der Waals surface area contributed by atoms with E-state index in [1.165, 1.54) is 17.3 Å². The largest absolute Gasteiger partial charge is 0.322 e. The summed E-state index contributed by atoms with van der Waals surface area (Å²) in [4.78, 5) is 31.4. The van der Waals surface area contributed by atoms with Crippen molar-refractivity contribution in [3.05, 3.63) is 75.8 Å². The van der Waals surface area contributed by atoms with Crippen LogP contribution < -0.4 is 10.9 Å². The number of carbonyl (C=O) groups excluding carboxylic acids is 1. The first-order valence-corrected chi connectivity index (χ1v) is 12.8. The molecule has 1 unspecified atom stereocenters. The Hall–Kier alpha value is -3.39.